The van der Waals surface area contributed by atoms with Crippen molar-refractivity contribution in [2.45, 2.75) is 24.2 Å². The maximum Gasteiger partial charge on any atom is 0.310 e. The summed E-state index contributed by atoms with van der Waals surface area (Å²) in [4.78, 5) is 21.8. The summed E-state index contributed by atoms with van der Waals surface area (Å²) in [6.45, 7) is -0.0155. The van der Waals surface area contributed by atoms with Gasteiger partial charge >= 0.3 is 11.9 Å². The molecule has 0 fully saturated rings. The second kappa shape index (κ2) is 8.49. The quantitative estimate of drug-likeness (QED) is 0.495. The zero-order valence-corrected chi connectivity index (χ0v) is 13.7. The molecule has 0 unspecified atom stereocenters. The molecule has 0 radical (unpaired) electrons. The van der Waals surface area contributed by atoms with E-state index >= 15 is 0 Å². The van der Waals surface area contributed by atoms with Gasteiger partial charge in [-0.3, -0.25) is 9.59 Å². The summed E-state index contributed by atoms with van der Waals surface area (Å²) in [5, 5.41) is 8.55. The highest BCUT2D eigenvalue weighted by molar-refractivity contribution is 7.89. The van der Waals surface area contributed by atoms with E-state index in [1.807, 2.05) is 0 Å². The van der Waals surface area contributed by atoms with Crippen molar-refractivity contribution in [3.05, 3.63) is 23.8 Å². The molecule has 0 saturated carbocycles. The molecule has 0 saturated heterocycles. The Balaban J connectivity index is 2.99. The predicted molar refractivity (Wildman–Crippen MR) is 80.8 cm³/mol. The van der Waals surface area contributed by atoms with Crippen LogP contribution in [0.2, 0.25) is 0 Å². The van der Waals surface area contributed by atoms with Crippen LogP contribution in [-0.4, -0.2) is 46.2 Å². The Kier molecular flexibility index (Phi) is 6.98. The molecule has 0 amide bonds. The first-order valence-corrected chi connectivity index (χ1v) is 8.23. The lowest BCUT2D eigenvalue weighted by molar-refractivity contribution is -0.140. The Bertz CT molecular complexity index is 670. The minimum Gasteiger partial charge on any atom is -0.497 e. The molecule has 0 aliphatic heterocycles. The Labute approximate surface area is 134 Å². The van der Waals surface area contributed by atoms with Crippen molar-refractivity contribution in [1.29, 1.82) is 0 Å². The molecule has 1 rings (SSSR count). The lowest BCUT2D eigenvalue weighted by atomic mass is 10.1. The fraction of sp³-hybridized carbons (Fsp3) is 0.429. The smallest absolute Gasteiger partial charge is 0.310 e. The van der Waals surface area contributed by atoms with Gasteiger partial charge in [0, 0.05) is 13.0 Å². The number of ether oxygens (including phenoxy) is 2. The van der Waals surface area contributed by atoms with E-state index < -0.39 is 22.0 Å². The number of benzene rings is 1. The number of carboxylic acid groups (broad SMARTS) is 1. The third-order valence-corrected chi connectivity index (χ3v) is 4.54. The number of methoxy groups -OCH3 is 2. The van der Waals surface area contributed by atoms with Crippen molar-refractivity contribution in [2.24, 2.45) is 0 Å². The maximum atomic E-state index is 12.3. The van der Waals surface area contributed by atoms with E-state index in [0.29, 0.717) is 5.75 Å². The number of carboxylic acids is 1. The van der Waals surface area contributed by atoms with Crippen LogP contribution in [0, 0.1) is 0 Å². The lowest BCUT2D eigenvalue weighted by Gasteiger charge is -2.12. The summed E-state index contributed by atoms with van der Waals surface area (Å²) < 4.78 is 36.5. The monoisotopic (exact) mass is 345 g/mol. The molecule has 0 aliphatic carbocycles. The molecule has 0 heterocycles. The predicted octanol–water partition coefficient (Wildman–Crippen LogP) is 0.554. The fourth-order valence-electron chi connectivity index (χ4n) is 1.83. The van der Waals surface area contributed by atoms with Gasteiger partial charge in [-0.25, -0.2) is 13.1 Å². The Morgan fingerprint density at radius 3 is 2.52 bits per heavy atom. The van der Waals surface area contributed by atoms with Crippen molar-refractivity contribution < 1.29 is 32.6 Å². The van der Waals surface area contributed by atoms with Crippen molar-refractivity contribution in [3.8, 4) is 5.75 Å². The first kappa shape index (κ1) is 18.9. The molecule has 0 atom stereocenters. The average molecular weight is 345 g/mol. The van der Waals surface area contributed by atoms with Crippen LogP contribution in [0.4, 0.5) is 0 Å². The topological polar surface area (TPSA) is 119 Å². The van der Waals surface area contributed by atoms with Crippen LogP contribution in [0.3, 0.4) is 0 Å². The largest absolute Gasteiger partial charge is 0.497 e. The highest BCUT2D eigenvalue weighted by Crippen LogP contribution is 2.22. The van der Waals surface area contributed by atoms with Crippen LogP contribution < -0.4 is 9.46 Å². The van der Waals surface area contributed by atoms with Gasteiger partial charge < -0.3 is 14.6 Å². The number of sulfonamides is 1. The molecule has 0 spiro atoms. The molecule has 1 aromatic carbocycles. The van der Waals surface area contributed by atoms with E-state index in [1.54, 1.807) is 0 Å². The molecule has 8 nitrogen and oxygen atoms in total. The molecule has 2 N–H and O–H groups in total. The number of aliphatic carboxylic acids is 1. The Morgan fingerprint density at radius 2 is 1.96 bits per heavy atom. The Hall–Kier alpha value is -2.13. The molecular weight excluding hydrogens is 326 g/mol. The third kappa shape index (κ3) is 5.87. The summed E-state index contributed by atoms with van der Waals surface area (Å²) in [5.41, 5.74) is 0.238. The van der Waals surface area contributed by atoms with E-state index in [-0.39, 0.29) is 36.3 Å². The number of carbonyl (C=O) groups excluding carboxylic acids is 1. The molecule has 9 heteroatoms. The minimum absolute atomic E-state index is 0.0155. The van der Waals surface area contributed by atoms with E-state index in [4.69, 9.17) is 9.84 Å². The molecule has 128 valence electrons. The number of esters is 1. The van der Waals surface area contributed by atoms with Crippen LogP contribution in [0.5, 0.6) is 5.75 Å². The number of hydrogen-bond acceptors (Lipinski definition) is 6. The number of hydrogen-bond donors (Lipinski definition) is 2. The van der Waals surface area contributed by atoms with Gasteiger partial charge in [-0.05, 0) is 30.2 Å². The Morgan fingerprint density at radius 1 is 1.26 bits per heavy atom. The third-order valence-electron chi connectivity index (χ3n) is 2.98. The van der Waals surface area contributed by atoms with E-state index in [1.165, 1.54) is 32.4 Å². The summed E-state index contributed by atoms with van der Waals surface area (Å²) in [6, 6.07) is 4.24. The summed E-state index contributed by atoms with van der Waals surface area (Å²) in [7, 11) is -1.24. The molecule has 1 aromatic rings. The standard InChI is InChI=1S/C14H19NO7S/c1-21-11-5-6-12(10(8-11)9-14(18)22-2)23(19,20)15-7-3-4-13(16)17/h5-6,8,15H,3-4,7,9H2,1-2H3,(H,16,17). The van der Waals surface area contributed by atoms with Gasteiger partial charge in [-0.1, -0.05) is 0 Å². The summed E-state index contributed by atoms with van der Waals surface area (Å²) >= 11 is 0. The van der Waals surface area contributed by atoms with Gasteiger partial charge in [0.05, 0.1) is 25.5 Å². The molecule has 0 aromatic heterocycles. The second-order valence-electron chi connectivity index (χ2n) is 4.62. The van der Waals surface area contributed by atoms with Crippen molar-refractivity contribution in [2.75, 3.05) is 20.8 Å². The average Bonchev–Trinajstić information content (AvgIpc) is 2.51. The van der Waals surface area contributed by atoms with Gasteiger partial charge in [-0.2, -0.15) is 0 Å². The zero-order chi connectivity index (χ0) is 17.5. The van der Waals surface area contributed by atoms with Crippen LogP contribution in [-0.2, 0) is 30.8 Å². The van der Waals surface area contributed by atoms with Crippen molar-refractivity contribution >= 4 is 22.0 Å². The van der Waals surface area contributed by atoms with E-state index in [0.717, 1.165) is 0 Å². The van der Waals surface area contributed by atoms with Gasteiger partial charge in [0.25, 0.3) is 0 Å². The molecule has 0 aliphatic rings. The van der Waals surface area contributed by atoms with Gasteiger partial charge in [0.2, 0.25) is 10.0 Å². The fourth-order valence-corrected chi connectivity index (χ4v) is 3.13. The van der Waals surface area contributed by atoms with Gasteiger partial charge in [-0.15, -0.1) is 0 Å². The van der Waals surface area contributed by atoms with Crippen LogP contribution >= 0.6 is 0 Å². The number of rotatable bonds is 9. The first-order valence-electron chi connectivity index (χ1n) is 6.75. The summed E-state index contributed by atoms with van der Waals surface area (Å²) in [5.74, 6) is -1.17. The highest BCUT2D eigenvalue weighted by Gasteiger charge is 2.20. The van der Waals surface area contributed by atoms with Crippen LogP contribution in [0.15, 0.2) is 23.1 Å². The van der Waals surface area contributed by atoms with E-state index in [2.05, 4.69) is 9.46 Å². The first-order chi connectivity index (χ1) is 10.8. The number of carbonyl (C=O) groups is 2. The van der Waals surface area contributed by atoms with E-state index in [9.17, 15) is 18.0 Å². The van der Waals surface area contributed by atoms with Gasteiger partial charge in [0.1, 0.15) is 5.75 Å². The second-order valence-corrected chi connectivity index (χ2v) is 6.36. The SMILES string of the molecule is COC(=O)Cc1cc(OC)ccc1S(=O)(=O)NCCCC(=O)O. The number of nitrogens with one attached hydrogen (secondary N) is 1. The van der Waals surface area contributed by atoms with Crippen LogP contribution in [0.25, 0.3) is 0 Å². The molecule has 23 heavy (non-hydrogen) atoms. The van der Waals surface area contributed by atoms with Crippen LogP contribution in [0.1, 0.15) is 18.4 Å². The van der Waals surface area contributed by atoms with Crippen molar-refractivity contribution in [3.63, 3.8) is 0 Å². The molecule has 0 bridgehead atoms. The minimum atomic E-state index is -3.87. The lowest BCUT2D eigenvalue weighted by Crippen LogP contribution is -2.26. The van der Waals surface area contributed by atoms with Gasteiger partial charge in [0.15, 0.2) is 0 Å². The highest BCUT2D eigenvalue weighted by atomic mass is 32.2. The van der Waals surface area contributed by atoms with Crippen molar-refractivity contribution in [1.82, 2.24) is 4.72 Å². The summed E-state index contributed by atoms with van der Waals surface area (Å²) in [6.07, 6.45) is -0.198. The zero-order valence-electron chi connectivity index (χ0n) is 12.9. The normalized spacial score (nSPS) is 11.0. The molecular formula is C14H19NO7S. The maximum absolute atomic E-state index is 12.3.